The summed E-state index contributed by atoms with van der Waals surface area (Å²) < 4.78 is 23.6. The van der Waals surface area contributed by atoms with E-state index < -0.39 is 11.3 Å². The maximum Gasteiger partial charge on any atom is 0.0209 e. The fourth-order valence-corrected chi connectivity index (χ4v) is 1.91. The van der Waals surface area contributed by atoms with Crippen molar-refractivity contribution in [3.8, 4) is 0 Å². The Morgan fingerprint density at radius 1 is 1.06 bits per heavy atom. The zero-order valence-electron chi connectivity index (χ0n) is 11.1. The van der Waals surface area contributed by atoms with E-state index in [-0.39, 0.29) is 0 Å². The highest BCUT2D eigenvalue weighted by Crippen LogP contribution is 2.12. The molecule has 0 saturated carbocycles. The van der Waals surface area contributed by atoms with Crippen LogP contribution in [-0.4, -0.2) is 26.2 Å². The molecular weight excluding hydrogens is 222 g/mol. The van der Waals surface area contributed by atoms with Crippen LogP contribution in [0.2, 0.25) is 0 Å². The summed E-state index contributed by atoms with van der Waals surface area (Å²) in [5.74, 6) is 1.21. The molecule has 0 rings (SSSR count). The second-order valence-corrected chi connectivity index (χ2v) is 5.70. The van der Waals surface area contributed by atoms with Crippen molar-refractivity contribution in [2.24, 2.45) is 11.8 Å². The number of hydrogen-bond donors (Lipinski definition) is 0. The Morgan fingerprint density at radius 2 is 1.44 bits per heavy atom. The van der Waals surface area contributed by atoms with Crippen molar-refractivity contribution in [3.05, 3.63) is 0 Å². The van der Waals surface area contributed by atoms with Gasteiger partial charge in [0.15, 0.2) is 0 Å². The first-order chi connectivity index (χ1) is 7.51. The van der Waals surface area contributed by atoms with Crippen LogP contribution in [0.1, 0.15) is 53.4 Å². The monoisotopic (exact) mass is 248 g/mol. The van der Waals surface area contributed by atoms with Crippen molar-refractivity contribution in [3.63, 3.8) is 0 Å². The lowest BCUT2D eigenvalue weighted by Crippen LogP contribution is -2.29. The second kappa shape index (κ2) is 9.14. The molecule has 0 radical (unpaired) electrons. The van der Waals surface area contributed by atoms with Crippen LogP contribution in [-0.2, 0) is 11.3 Å². The second-order valence-electron chi connectivity index (χ2n) is 4.75. The Balaban J connectivity index is 3.93. The summed E-state index contributed by atoms with van der Waals surface area (Å²) in [6.07, 6.45) is 4.16. The minimum Gasteiger partial charge on any atom is -0.760 e. The molecule has 0 aromatic carbocycles. The lowest BCUT2D eigenvalue weighted by Gasteiger charge is -2.26. The fourth-order valence-electron chi connectivity index (χ4n) is 1.40. The van der Waals surface area contributed by atoms with Gasteiger partial charge in [-0.1, -0.05) is 40.5 Å². The van der Waals surface area contributed by atoms with E-state index in [2.05, 4.69) is 27.7 Å². The van der Waals surface area contributed by atoms with Crippen LogP contribution in [0.25, 0.3) is 0 Å². The minimum absolute atomic E-state index is 0.606. The van der Waals surface area contributed by atoms with E-state index in [0.29, 0.717) is 24.9 Å². The molecule has 4 heteroatoms. The highest BCUT2D eigenvalue weighted by atomic mass is 32.2. The van der Waals surface area contributed by atoms with Crippen molar-refractivity contribution in [2.75, 3.05) is 13.1 Å². The molecule has 0 fully saturated rings. The Kier molecular flexibility index (Phi) is 9.18. The molecule has 0 aromatic heterocycles. The highest BCUT2D eigenvalue weighted by molar-refractivity contribution is 7.76. The lowest BCUT2D eigenvalue weighted by molar-refractivity contribution is 0.330. The molecule has 0 N–H and O–H groups in total. The SMILES string of the molecule is CCC(C)CCN(CCC(C)CC)S(=O)[O-]. The van der Waals surface area contributed by atoms with Crippen LogP contribution in [0.5, 0.6) is 0 Å². The first-order valence-corrected chi connectivity index (χ1v) is 7.38. The van der Waals surface area contributed by atoms with E-state index in [9.17, 15) is 8.76 Å². The summed E-state index contributed by atoms with van der Waals surface area (Å²) in [7, 11) is 0. The van der Waals surface area contributed by atoms with Gasteiger partial charge in [-0.3, -0.25) is 4.21 Å². The van der Waals surface area contributed by atoms with E-state index >= 15 is 0 Å². The third-order valence-electron chi connectivity index (χ3n) is 3.35. The molecule has 0 amide bonds. The molecule has 0 aliphatic rings. The zero-order chi connectivity index (χ0) is 12.6. The van der Waals surface area contributed by atoms with Crippen LogP contribution < -0.4 is 0 Å². The fraction of sp³-hybridized carbons (Fsp3) is 1.00. The third kappa shape index (κ3) is 7.36. The normalized spacial score (nSPS) is 17.4. The van der Waals surface area contributed by atoms with Gasteiger partial charge >= 0.3 is 0 Å². The quantitative estimate of drug-likeness (QED) is 0.589. The van der Waals surface area contributed by atoms with E-state index in [1.54, 1.807) is 4.31 Å². The molecule has 3 unspecified atom stereocenters. The number of nitrogens with zero attached hydrogens (tertiary/aromatic N) is 1. The van der Waals surface area contributed by atoms with Gasteiger partial charge in [0.1, 0.15) is 0 Å². The van der Waals surface area contributed by atoms with Crippen molar-refractivity contribution in [1.29, 1.82) is 0 Å². The Labute approximate surface area is 103 Å². The average Bonchev–Trinajstić information content (AvgIpc) is 2.27. The molecule has 0 aromatic rings. The van der Waals surface area contributed by atoms with Gasteiger partial charge in [0.2, 0.25) is 0 Å². The topological polar surface area (TPSA) is 43.4 Å². The van der Waals surface area contributed by atoms with Gasteiger partial charge in [-0.05, 0) is 24.7 Å². The standard InChI is InChI=1S/C12H27NO2S/c1-5-11(3)7-9-13(16(14)15)10-8-12(4)6-2/h11-12H,5-10H2,1-4H3,(H,14,15)/p-1. The maximum absolute atomic E-state index is 11.0. The molecule has 0 heterocycles. The van der Waals surface area contributed by atoms with Gasteiger partial charge in [0.05, 0.1) is 0 Å². The Bertz CT molecular complexity index is 185. The summed E-state index contributed by atoms with van der Waals surface area (Å²) in [6, 6.07) is 0. The van der Waals surface area contributed by atoms with Gasteiger partial charge in [-0.15, -0.1) is 0 Å². The van der Waals surface area contributed by atoms with Gasteiger partial charge < -0.3 is 4.55 Å². The predicted molar refractivity (Wildman–Crippen MR) is 68.6 cm³/mol. The highest BCUT2D eigenvalue weighted by Gasteiger charge is 2.09. The minimum atomic E-state index is -2.06. The van der Waals surface area contributed by atoms with E-state index in [4.69, 9.17) is 0 Å². The van der Waals surface area contributed by atoms with Crippen LogP contribution in [0.4, 0.5) is 0 Å². The number of hydrogen-bond acceptors (Lipinski definition) is 2. The Morgan fingerprint density at radius 3 is 1.69 bits per heavy atom. The van der Waals surface area contributed by atoms with Gasteiger partial charge in [0, 0.05) is 24.4 Å². The summed E-state index contributed by atoms with van der Waals surface area (Å²) in [4.78, 5) is 0. The molecule has 16 heavy (non-hydrogen) atoms. The molecule has 0 spiro atoms. The first kappa shape index (κ1) is 16.1. The largest absolute Gasteiger partial charge is 0.760 e. The summed E-state index contributed by atoms with van der Waals surface area (Å²) in [6.45, 7) is 9.95. The summed E-state index contributed by atoms with van der Waals surface area (Å²) in [5.41, 5.74) is 0. The maximum atomic E-state index is 11.0. The molecular formula is C12H26NO2S-. The molecule has 98 valence electrons. The predicted octanol–water partition coefficient (Wildman–Crippen LogP) is 2.95. The van der Waals surface area contributed by atoms with Crippen molar-refractivity contribution in [2.45, 2.75) is 53.4 Å². The third-order valence-corrected chi connectivity index (χ3v) is 4.13. The van der Waals surface area contributed by atoms with Crippen molar-refractivity contribution < 1.29 is 8.76 Å². The smallest absolute Gasteiger partial charge is 0.0209 e. The summed E-state index contributed by atoms with van der Waals surface area (Å²) in [5, 5.41) is 0. The molecule has 0 aliphatic carbocycles. The van der Waals surface area contributed by atoms with E-state index in [1.165, 1.54) is 0 Å². The van der Waals surface area contributed by atoms with Crippen molar-refractivity contribution in [1.82, 2.24) is 4.31 Å². The molecule has 3 atom stereocenters. The van der Waals surface area contributed by atoms with E-state index in [1.807, 2.05) is 0 Å². The van der Waals surface area contributed by atoms with Crippen LogP contribution in [0.15, 0.2) is 0 Å². The summed E-state index contributed by atoms with van der Waals surface area (Å²) >= 11 is -2.06. The molecule has 3 nitrogen and oxygen atoms in total. The average molecular weight is 248 g/mol. The van der Waals surface area contributed by atoms with Crippen LogP contribution >= 0.6 is 0 Å². The first-order valence-electron chi connectivity index (χ1n) is 6.35. The van der Waals surface area contributed by atoms with E-state index in [0.717, 1.165) is 25.7 Å². The van der Waals surface area contributed by atoms with Crippen LogP contribution in [0, 0.1) is 11.8 Å². The van der Waals surface area contributed by atoms with Gasteiger partial charge in [0.25, 0.3) is 0 Å². The molecule has 0 aliphatic heterocycles. The molecule has 0 bridgehead atoms. The lowest BCUT2D eigenvalue weighted by atomic mass is 10.0. The zero-order valence-corrected chi connectivity index (χ0v) is 11.9. The Hall–Kier alpha value is 0.0700. The van der Waals surface area contributed by atoms with Gasteiger partial charge in [-0.2, -0.15) is 0 Å². The number of rotatable bonds is 9. The van der Waals surface area contributed by atoms with Crippen molar-refractivity contribution >= 4 is 11.3 Å². The van der Waals surface area contributed by atoms with Gasteiger partial charge in [-0.25, -0.2) is 4.31 Å². The van der Waals surface area contributed by atoms with Crippen LogP contribution in [0.3, 0.4) is 0 Å². The molecule has 0 saturated heterocycles.